The van der Waals surface area contributed by atoms with Gasteiger partial charge in [0.2, 0.25) is 0 Å². The van der Waals surface area contributed by atoms with E-state index < -0.39 is 0 Å². The van der Waals surface area contributed by atoms with Crippen molar-refractivity contribution in [2.24, 2.45) is 0 Å². The summed E-state index contributed by atoms with van der Waals surface area (Å²) in [7, 11) is 0. The molecule has 0 unspecified atom stereocenters. The Kier molecular flexibility index (Phi) is 4.85. The van der Waals surface area contributed by atoms with E-state index in [-0.39, 0.29) is 0 Å². The van der Waals surface area contributed by atoms with Crippen LogP contribution in [0.1, 0.15) is 17.5 Å². The predicted octanol–water partition coefficient (Wildman–Crippen LogP) is 4.15. The molecule has 0 heterocycles. The summed E-state index contributed by atoms with van der Waals surface area (Å²) in [5.41, 5.74) is 2.34. The molecule has 2 aromatic rings. The van der Waals surface area contributed by atoms with Gasteiger partial charge in [-0.15, -0.1) is 0 Å². The minimum Gasteiger partial charge on any atom is -0.493 e. The summed E-state index contributed by atoms with van der Waals surface area (Å²) in [6, 6.07) is 16.1. The van der Waals surface area contributed by atoms with Crippen LogP contribution in [0.15, 0.2) is 48.5 Å². The van der Waals surface area contributed by atoms with Gasteiger partial charge in [-0.1, -0.05) is 36.4 Å². The molecule has 0 saturated heterocycles. The van der Waals surface area contributed by atoms with Gasteiger partial charge >= 0.3 is 0 Å². The molecule has 0 N–H and O–H groups in total. The van der Waals surface area contributed by atoms with E-state index in [1.165, 1.54) is 11.1 Å². The van der Waals surface area contributed by atoms with E-state index in [1.807, 2.05) is 36.4 Å². The van der Waals surface area contributed by atoms with E-state index in [2.05, 4.69) is 26.0 Å². The highest BCUT2D eigenvalue weighted by atomic mass is 16.5. The molecule has 0 aliphatic carbocycles. The van der Waals surface area contributed by atoms with Crippen molar-refractivity contribution in [1.29, 1.82) is 0 Å². The summed E-state index contributed by atoms with van der Waals surface area (Å²) in [6.45, 7) is 5.46. The molecule has 0 aliphatic heterocycles. The van der Waals surface area contributed by atoms with E-state index in [1.54, 1.807) is 0 Å². The molecule has 0 amide bonds. The van der Waals surface area contributed by atoms with E-state index in [0.29, 0.717) is 13.2 Å². The largest absolute Gasteiger partial charge is 0.493 e. The maximum atomic E-state index is 5.72. The number of aryl methyl sites for hydroxylation is 2. The lowest BCUT2D eigenvalue weighted by Crippen LogP contribution is -2.06. The molecule has 19 heavy (non-hydrogen) atoms. The van der Waals surface area contributed by atoms with Gasteiger partial charge in [0.15, 0.2) is 0 Å². The van der Waals surface area contributed by atoms with E-state index in [9.17, 15) is 0 Å². The second-order valence-corrected chi connectivity index (χ2v) is 4.58. The molecule has 0 saturated carbocycles. The summed E-state index contributed by atoms with van der Waals surface area (Å²) in [4.78, 5) is 0. The highest BCUT2D eigenvalue weighted by Crippen LogP contribution is 2.17. The van der Waals surface area contributed by atoms with Crippen molar-refractivity contribution >= 4 is 0 Å². The van der Waals surface area contributed by atoms with Crippen molar-refractivity contribution < 1.29 is 9.47 Å². The maximum absolute atomic E-state index is 5.72. The van der Waals surface area contributed by atoms with Gasteiger partial charge in [0, 0.05) is 6.42 Å². The Morgan fingerprint density at radius 2 is 1.11 bits per heavy atom. The fourth-order valence-corrected chi connectivity index (χ4v) is 1.86. The SMILES string of the molecule is Cc1ccccc1OCCCOc1ccccc1C. The monoisotopic (exact) mass is 256 g/mol. The third-order valence-corrected chi connectivity index (χ3v) is 2.99. The first-order valence-corrected chi connectivity index (χ1v) is 6.64. The van der Waals surface area contributed by atoms with Crippen molar-refractivity contribution in [2.75, 3.05) is 13.2 Å². The first kappa shape index (κ1) is 13.5. The number of benzene rings is 2. The molecule has 0 spiro atoms. The zero-order chi connectivity index (χ0) is 13.5. The van der Waals surface area contributed by atoms with Gasteiger partial charge < -0.3 is 9.47 Å². The maximum Gasteiger partial charge on any atom is 0.122 e. The molecular formula is C17H20O2. The van der Waals surface area contributed by atoms with Crippen molar-refractivity contribution in [3.63, 3.8) is 0 Å². The Morgan fingerprint density at radius 3 is 1.53 bits per heavy atom. The average Bonchev–Trinajstić information content (AvgIpc) is 2.42. The van der Waals surface area contributed by atoms with Crippen LogP contribution in [0.5, 0.6) is 11.5 Å². The van der Waals surface area contributed by atoms with Gasteiger partial charge in [-0.2, -0.15) is 0 Å². The second kappa shape index (κ2) is 6.83. The van der Waals surface area contributed by atoms with Crippen molar-refractivity contribution in [1.82, 2.24) is 0 Å². The lowest BCUT2D eigenvalue weighted by molar-refractivity contribution is 0.246. The van der Waals surface area contributed by atoms with Gasteiger partial charge in [0.05, 0.1) is 13.2 Å². The van der Waals surface area contributed by atoms with Crippen molar-refractivity contribution in [3.05, 3.63) is 59.7 Å². The number of hydrogen-bond acceptors (Lipinski definition) is 2. The molecule has 2 aromatic carbocycles. The number of rotatable bonds is 6. The molecule has 100 valence electrons. The van der Waals surface area contributed by atoms with Gasteiger partial charge in [0.1, 0.15) is 11.5 Å². The van der Waals surface area contributed by atoms with Crippen molar-refractivity contribution in [2.45, 2.75) is 20.3 Å². The summed E-state index contributed by atoms with van der Waals surface area (Å²) >= 11 is 0. The van der Waals surface area contributed by atoms with Gasteiger partial charge in [-0.05, 0) is 37.1 Å². The van der Waals surface area contributed by atoms with E-state index in [4.69, 9.17) is 9.47 Å². The minimum atomic E-state index is 0.677. The van der Waals surface area contributed by atoms with Crippen LogP contribution in [0.3, 0.4) is 0 Å². The van der Waals surface area contributed by atoms with Crippen LogP contribution in [0.2, 0.25) is 0 Å². The van der Waals surface area contributed by atoms with Crippen LogP contribution >= 0.6 is 0 Å². The Morgan fingerprint density at radius 1 is 0.684 bits per heavy atom. The summed E-state index contributed by atoms with van der Waals surface area (Å²) in [6.07, 6.45) is 0.878. The van der Waals surface area contributed by atoms with Crippen LogP contribution < -0.4 is 9.47 Å². The molecule has 0 radical (unpaired) electrons. The van der Waals surface area contributed by atoms with Crippen LogP contribution in [0, 0.1) is 13.8 Å². The molecule has 2 nitrogen and oxygen atoms in total. The summed E-state index contributed by atoms with van der Waals surface area (Å²) in [5, 5.41) is 0. The fourth-order valence-electron chi connectivity index (χ4n) is 1.86. The molecule has 0 bridgehead atoms. The van der Waals surface area contributed by atoms with Crippen molar-refractivity contribution in [3.8, 4) is 11.5 Å². The first-order valence-electron chi connectivity index (χ1n) is 6.64. The normalized spacial score (nSPS) is 10.2. The predicted molar refractivity (Wildman–Crippen MR) is 78.0 cm³/mol. The third kappa shape index (κ3) is 4.02. The highest BCUT2D eigenvalue weighted by molar-refractivity contribution is 5.32. The lowest BCUT2D eigenvalue weighted by Gasteiger charge is -2.10. The van der Waals surface area contributed by atoms with E-state index in [0.717, 1.165) is 17.9 Å². The molecule has 2 heteroatoms. The second-order valence-electron chi connectivity index (χ2n) is 4.58. The lowest BCUT2D eigenvalue weighted by atomic mass is 10.2. The highest BCUT2D eigenvalue weighted by Gasteiger charge is 1.99. The van der Waals surface area contributed by atoms with Crippen LogP contribution in [-0.2, 0) is 0 Å². The zero-order valence-electron chi connectivity index (χ0n) is 11.6. The molecular weight excluding hydrogens is 236 g/mol. The summed E-state index contributed by atoms with van der Waals surface area (Å²) in [5.74, 6) is 1.91. The van der Waals surface area contributed by atoms with Crippen LogP contribution in [0.4, 0.5) is 0 Å². The minimum absolute atomic E-state index is 0.677. The molecule has 0 aromatic heterocycles. The Labute approximate surface area is 115 Å². The molecule has 2 rings (SSSR count). The third-order valence-electron chi connectivity index (χ3n) is 2.99. The van der Waals surface area contributed by atoms with Crippen LogP contribution in [0.25, 0.3) is 0 Å². The zero-order valence-corrected chi connectivity index (χ0v) is 11.6. The standard InChI is InChI=1S/C17H20O2/c1-14-8-3-5-10-16(14)18-12-7-13-19-17-11-6-4-9-15(17)2/h3-6,8-11H,7,12-13H2,1-2H3. The fraction of sp³-hybridized carbons (Fsp3) is 0.294. The average molecular weight is 256 g/mol. The van der Waals surface area contributed by atoms with Gasteiger partial charge in [0.25, 0.3) is 0 Å². The molecule has 0 atom stereocenters. The quantitative estimate of drug-likeness (QED) is 0.723. The Bertz CT molecular complexity index is 473. The summed E-state index contributed by atoms with van der Waals surface area (Å²) < 4.78 is 11.4. The van der Waals surface area contributed by atoms with Gasteiger partial charge in [-0.25, -0.2) is 0 Å². The number of hydrogen-bond donors (Lipinski definition) is 0. The van der Waals surface area contributed by atoms with Crippen LogP contribution in [-0.4, -0.2) is 13.2 Å². The topological polar surface area (TPSA) is 18.5 Å². The smallest absolute Gasteiger partial charge is 0.122 e. The number of ether oxygens (including phenoxy) is 2. The van der Waals surface area contributed by atoms with Gasteiger partial charge in [-0.3, -0.25) is 0 Å². The molecule has 0 aliphatic rings. The van der Waals surface area contributed by atoms with E-state index >= 15 is 0 Å². The number of para-hydroxylation sites is 2. The first-order chi connectivity index (χ1) is 9.27. The Balaban J connectivity index is 1.71. The molecule has 0 fully saturated rings. The Hall–Kier alpha value is -1.96.